The van der Waals surface area contributed by atoms with E-state index in [9.17, 15) is 22.8 Å². The minimum Gasteiger partial charge on any atom is -0.378 e. The molecule has 1 saturated heterocycles. The molecule has 2 aromatic heterocycles. The van der Waals surface area contributed by atoms with Crippen molar-refractivity contribution in [2.45, 2.75) is 43.7 Å². The molecule has 5 rings (SSSR count). The molecule has 2 aliphatic rings. The summed E-state index contributed by atoms with van der Waals surface area (Å²) in [5.74, 6) is -0.519. The number of rotatable bonds is 5. The van der Waals surface area contributed by atoms with Crippen LogP contribution in [0.3, 0.4) is 0 Å². The minimum absolute atomic E-state index is 0.207. The molecule has 10 heteroatoms. The summed E-state index contributed by atoms with van der Waals surface area (Å²) in [7, 11) is 0. The van der Waals surface area contributed by atoms with Crippen molar-refractivity contribution in [3.8, 4) is 0 Å². The molecule has 37 heavy (non-hydrogen) atoms. The van der Waals surface area contributed by atoms with Crippen molar-refractivity contribution in [1.29, 1.82) is 0 Å². The first-order valence-corrected chi connectivity index (χ1v) is 12.6. The first-order chi connectivity index (χ1) is 17.8. The number of halogens is 3. The molecule has 2 fully saturated rings. The lowest BCUT2D eigenvalue weighted by atomic mass is 9.69. The topological polar surface area (TPSA) is 75.9 Å². The van der Waals surface area contributed by atoms with E-state index in [1.54, 1.807) is 41.4 Å². The van der Waals surface area contributed by atoms with E-state index in [1.165, 1.54) is 4.52 Å². The molecule has 196 valence electrons. The first kappa shape index (κ1) is 25.3. The highest BCUT2D eigenvalue weighted by Gasteiger charge is 2.36. The molecule has 3 heterocycles. The van der Waals surface area contributed by atoms with Crippen LogP contribution in [0.5, 0.6) is 0 Å². The van der Waals surface area contributed by atoms with Gasteiger partial charge in [-0.1, -0.05) is 31.4 Å². The van der Waals surface area contributed by atoms with Gasteiger partial charge in [0.25, 0.3) is 11.8 Å². The number of pyridine rings is 1. The van der Waals surface area contributed by atoms with Gasteiger partial charge in [0.15, 0.2) is 5.69 Å². The number of benzene rings is 1. The molecule has 0 bridgehead atoms. The Labute approximate surface area is 212 Å². The summed E-state index contributed by atoms with van der Waals surface area (Å²) in [6.45, 7) is 2.25. The van der Waals surface area contributed by atoms with E-state index in [0.29, 0.717) is 43.9 Å². The molecular weight excluding hydrogens is 485 g/mol. The zero-order valence-electron chi connectivity index (χ0n) is 20.4. The molecule has 2 amide bonds. The van der Waals surface area contributed by atoms with E-state index in [-0.39, 0.29) is 17.5 Å². The van der Waals surface area contributed by atoms with Crippen LogP contribution in [0.25, 0.3) is 5.52 Å². The van der Waals surface area contributed by atoms with Crippen LogP contribution in [-0.2, 0) is 16.3 Å². The Balaban J connectivity index is 1.36. The third kappa shape index (κ3) is 5.20. The van der Waals surface area contributed by atoms with Gasteiger partial charge in [0.05, 0.1) is 29.9 Å². The Morgan fingerprint density at radius 3 is 2.41 bits per heavy atom. The Bertz CT molecular complexity index is 1270. The normalized spacial score (nSPS) is 18.1. The third-order valence-corrected chi connectivity index (χ3v) is 7.49. The van der Waals surface area contributed by atoms with Gasteiger partial charge in [-0.05, 0) is 48.7 Å². The van der Waals surface area contributed by atoms with E-state index in [4.69, 9.17) is 4.74 Å². The van der Waals surface area contributed by atoms with Crippen LogP contribution >= 0.6 is 0 Å². The molecule has 3 aromatic rings. The molecule has 1 aliphatic heterocycles. The van der Waals surface area contributed by atoms with Crippen LogP contribution in [0, 0.1) is 0 Å². The van der Waals surface area contributed by atoms with E-state index in [0.717, 1.165) is 49.8 Å². The van der Waals surface area contributed by atoms with Gasteiger partial charge in [0.2, 0.25) is 0 Å². The van der Waals surface area contributed by atoms with E-state index in [1.807, 2.05) is 0 Å². The molecule has 0 unspecified atom stereocenters. The second-order valence-corrected chi connectivity index (χ2v) is 9.78. The summed E-state index contributed by atoms with van der Waals surface area (Å²) in [5, 5.41) is 7.42. The highest BCUT2D eigenvalue weighted by atomic mass is 19.4. The van der Waals surface area contributed by atoms with Crippen molar-refractivity contribution in [2.75, 3.05) is 32.8 Å². The number of morpholine rings is 1. The number of aromatic nitrogens is 2. The second-order valence-electron chi connectivity index (χ2n) is 9.78. The number of carbonyl (C=O) groups is 2. The summed E-state index contributed by atoms with van der Waals surface area (Å²) in [5.41, 5.74) is 0.859. The number of hydrogen-bond donors (Lipinski definition) is 1. The number of nitrogens with zero attached hydrogens (tertiary/aromatic N) is 3. The molecule has 1 saturated carbocycles. The predicted octanol–water partition coefficient (Wildman–Crippen LogP) is 4.46. The smallest absolute Gasteiger partial charge is 0.378 e. The lowest BCUT2D eigenvalue weighted by Gasteiger charge is -2.38. The highest BCUT2D eigenvalue weighted by molar-refractivity contribution is 6.02. The average Bonchev–Trinajstić information content (AvgIpc) is 3.36. The molecule has 0 atom stereocenters. The fourth-order valence-electron chi connectivity index (χ4n) is 5.39. The molecule has 0 spiro atoms. The summed E-state index contributed by atoms with van der Waals surface area (Å²) in [6, 6.07) is 10.3. The van der Waals surface area contributed by atoms with Gasteiger partial charge in [-0.2, -0.15) is 18.3 Å². The first-order valence-electron chi connectivity index (χ1n) is 12.6. The van der Waals surface area contributed by atoms with Gasteiger partial charge in [0, 0.05) is 31.2 Å². The number of hydrogen-bond acceptors (Lipinski definition) is 4. The van der Waals surface area contributed by atoms with Crippen molar-refractivity contribution in [3.05, 3.63) is 71.0 Å². The second kappa shape index (κ2) is 10.2. The Hall–Kier alpha value is -3.40. The minimum atomic E-state index is -4.39. The van der Waals surface area contributed by atoms with E-state index < -0.39 is 17.2 Å². The van der Waals surface area contributed by atoms with Gasteiger partial charge in [-0.3, -0.25) is 9.59 Å². The van der Waals surface area contributed by atoms with Crippen molar-refractivity contribution in [1.82, 2.24) is 19.8 Å². The largest absolute Gasteiger partial charge is 0.416 e. The number of amides is 2. The van der Waals surface area contributed by atoms with Gasteiger partial charge in [-0.15, -0.1) is 0 Å². The SMILES string of the molecule is O=C(NCC1(c2ccc(C(F)(F)F)cc2)CCCCC1)c1cccn2nc(C(=O)N3CCOCC3)cc12. The van der Waals surface area contributed by atoms with Crippen molar-refractivity contribution in [3.63, 3.8) is 0 Å². The maximum Gasteiger partial charge on any atom is 0.416 e. The van der Waals surface area contributed by atoms with E-state index in [2.05, 4.69) is 10.4 Å². The quantitative estimate of drug-likeness (QED) is 0.546. The Morgan fingerprint density at radius 1 is 1.03 bits per heavy atom. The zero-order valence-corrected chi connectivity index (χ0v) is 20.4. The van der Waals surface area contributed by atoms with Crippen LogP contribution in [-0.4, -0.2) is 59.2 Å². The number of ether oxygens (including phenoxy) is 1. The third-order valence-electron chi connectivity index (χ3n) is 7.49. The van der Waals surface area contributed by atoms with Crippen LogP contribution in [0.2, 0.25) is 0 Å². The Kier molecular flexibility index (Phi) is 6.94. The van der Waals surface area contributed by atoms with Gasteiger partial charge >= 0.3 is 6.18 Å². The molecule has 1 N–H and O–H groups in total. The summed E-state index contributed by atoms with van der Waals surface area (Å²) < 4.78 is 46.1. The van der Waals surface area contributed by atoms with Crippen molar-refractivity contribution >= 4 is 17.3 Å². The van der Waals surface area contributed by atoms with Crippen LogP contribution in [0.1, 0.15) is 64.1 Å². The molecule has 7 nitrogen and oxygen atoms in total. The molecule has 1 aromatic carbocycles. The standard InChI is InChI=1S/C27H29F3N4O3/c28-27(29,30)20-8-6-19(7-9-20)26(10-2-1-3-11-26)18-31-24(35)21-5-4-12-34-23(21)17-22(32-34)25(36)33-13-15-37-16-14-33/h4-9,12,17H,1-3,10-11,13-16,18H2,(H,31,35). The predicted molar refractivity (Wildman–Crippen MR) is 130 cm³/mol. The number of fused-ring (bicyclic) bond motifs is 1. The maximum atomic E-state index is 13.3. The van der Waals surface area contributed by atoms with Gasteiger partial charge in [0.1, 0.15) is 0 Å². The fourth-order valence-corrected chi connectivity index (χ4v) is 5.39. The van der Waals surface area contributed by atoms with Crippen molar-refractivity contribution < 1.29 is 27.5 Å². The van der Waals surface area contributed by atoms with Crippen molar-refractivity contribution in [2.24, 2.45) is 0 Å². The zero-order chi connectivity index (χ0) is 26.0. The van der Waals surface area contributed by atoms with Gasteiger partial charge in [-0.25, -0.2) is 4.52 Å². The summed E-state index contributed by atoms with van der Waals surface area (Å²) >= 11 is 0. The summed E-state index contributed by atoms with van der Waals surface area (Å²) in [6.07, 6.45) is 1.82. The number of nitrogens with one attached hydrogen (secondary N) is 1. The summed E-state index contributed by atoms with van der Waals surface area (Å²) in [4.78, 5) is 27.9. The molecule has 1 aliphatic carbocycles. The van der Waals surface area contributed by atoms with Crippen LogP contribution < -0.4 is 5.32 Å². The molecular formula is C27H29F3N4O3. The lowest BCUT2D eigenvalue weighted by molar-refractivity contribution is -0.137. The fraction of sp³-hybridized carbons (Fsp3) is 0.444. The maximum absolute atomic E-state index is 13.3. The van der Waals surface area contributed by atoms with E-state index >= 15 is 0 Å². The number of alkyl halides is 3. The Morgan fingerprint density at radius 2 is 1.73 bits per heavy atom. The van der Waals surface area contributed by atoms with Crippen LogP contribution in [0.4, 0.5) is 13.2 Å². The molecule has 0 radical (unpaired) electrons. The number of carbonyl (C=O) groups excluding carboxylic acids is 2. The monoisotopic (exact) mass is 514 g/mol. The van der Waals surface area contributed by atoms with Gasteiger partial charge < -0.3 is 15.0 Å². The lowest BCUT2D eigenvalue weighted by Crippen LogP contribution is -2.42. The highest BCUT2D eigenvalue weighted by Crippen LogP contribution is 2.40. The van der Waals surface area contributed by atoms with Crippen LogP contribution in [0.15, 0.2) is 48.7 Å². The average molecular weight is 515 g/mol.